The number of anilines is 2. The molecule has 0 aliphatic carbocycles. The summed E-state index contributed by atoms with van der Waals surface area (Å²) >= 11 is 0. The molecule has 2 aromatic heterocycles. The lowest BCUT2D eigenvalue weighted by molar-refractivity contribution is -0.384. The second-order valence-electron chi connectivity index (χ2n) is 14.4. The normalized spacial score (nSPS) is 15.9. The molecule has 58 heavy (non-hydrogen) atoms. The lowest BCUT2D eigenvalue weighted by Gasteiger charge is -2.27. The largest absolute Gasteiger partial charge is 0.497 e. The zero-order chi connectivity index (χ0) is 40.2. The van der Waals surface area contributed by atoms with Crippen LogP contribution in [0.1, 0.15) is 47.6 Å². The van der Waals surface area contributed by atoms with Crippen molar-refractivity contribution in [2.75, 3.05) is 43.6 Å². The van der Waals surface area contributed by atoms with Crippen molar-refractivity contribution >= 4 is 44.0 Å². The molecule has 6 aromatic rings. The van der Waals surface area contributed by atoms with Gasteiger partial charge in [0.25, 0.3) is 21.6 Å². The minimum atomic E-state index is -4.56. The van der Waals surface area contributed by atoms with Crippen LogP contribution in [0, 0.1) is 16.0 Å². The van der Waals surface area contributed by atoms with Crippen LogP contribution in [0.4, 0.5) is 17.1 Å². The molecule has 4 heterocycles. The number of H-pyrrole nitrogens is 1. The predicted molar refractivity (Wildman–Crippen MR) is 220 cm³/mol. The molecule has 3 N–H and O–H groups in total. The van der Waals surface area contributed by atoms with Gasteiger partial charge in [0.1, 0.15) is 28.6 Å². The number of benzene rings is 4. The van der Waals surface area contributed by atoms with Gasteiger partial charge in [-0.3, -0.25) is 14.9 Å². The first-order valence-corrected chi connectivity index (χ1v) is 20.6. The van der Waals surface area contributed by atoms with Crippen molar-refractivity contribution in [1.82, 2.24) is 14.7 Å². The summed E-state index contributed by atoms with van der Waals surface area (Å²) in [6.07, 6.45) is 6.99. The summed E-state index contributed by atoms with van der Waals surface area (Å²) in [5.74, 6) is 0.527. The fraction of sp³-hybridized carbons (Fsp3) is 0.256. The quantitative estimate of drug-likeness (QED) is 0.0757. The van der Waals surface area contributed by atoms with E-state index in [9.17, 15) is 23.3 Å². The molecule has 0 spiro atoms. The van der Waals surface area contributed by atoms with Gasteiger partial charge in [0.15, 0.2) is 0 Å². The molecule has 2 aliphatic rings. The van der Waals surface area contributed by atoms with E-state index in [0.29, 0.717) is 31.2 Å². The van der Waals surface area contributed by atoms with Crippen molar-refractivity contribution in [3.05, 3.63) is 131 Å². The summed E-state index contributed by atoms with van der Waals surface area (Å²) in [6, 6.07) is 28.6. The topological polar surface area (TPSA) is 178 Å². The van der Waals surface area contributed by atoms with Gasteiger partial charge in [0, 0.05) is 49.6 Å². The van der Waals surface area contributed by atoms with Gasteiger partial charge < -0.3 is 29.4 Å². The maximum absolute atomic E-state index is 13.8. The molecule has 2 saturated heterocycles. The third-order valence-corrected chi connectivity index (χ3v) is 12.1. The number of carbonyl (C=O) groups is 1. The monoisotopic (exact) mass is 802 g/mol. The molecule has 298 valence electrons. The van der Waals surface area contributed by atoms with E-state index in [0.717, 1.165) is 66.2 Å². The van der Waals surface area contributed by atoms with E-state index in [4.69, 9.17) is 14.2 Å². The maximum atomic E-state index is 13.8. The Hall–Kier alpha value is -6.45. The van der Waals surface area contributed by atoms with Crippen molar-refractivity contribution in [2.24, 2.45) is 5.92 Å². The number of fused-ring (bicyclic) bond motifs is 1. The van der Waals surface area contributed by atoms with Crippen LogP contribution >= 0.6 is 0 Å². The number of ether oxygens (including phenoxy) is 3. The molecule has 0 saturated carbocycles. The van der Waals surface area contributed by atoms with Gasteiger partial charge in [-0.05, 0) is 109 Å². The summed E-state index contributed by atoms with van der Waals surface area (Å²) in [4.78, 5) is 34.6. The third kappa shape index (κ3) is 8.31. The molecular weight excluding hydrogens is 761 g/mol. The van der Waals surface area contributed by atoms with E-state index >= 15 is 0 Å². The number of hydrogen-bond donors (Lipinski definition) is 3. The second kappa shape index (κ2) is 16.6. The van der Waals surface area contributed by atoms with E-state index in [1.54, 1.807) is 31.5 Å². The Bertz CT molecular complexity index is 2560. The zero-order valence-corrected chi connectivity index (χ0v) is 32.5. The first kappa shape index (κ1) is 38.4. The van der Waals surface area contributed by atoms with Crippen LogP contribution < -0.4 is 24.4 Å². The molecule has 2 aliphatic heterocycles. The first-order chi connectivity index (χ1) is 28.1. The van der Waals surface area contributed by atoms with Gasteiger partial charge in [-0.25, -0.2) is 18.1 Å². The number of nitrogens with one attached hydrogen (secondary N) is 3. The number of nitrogens with zero attached hydrogens (tertiary/aromatic N) is 3. The Morgan fingerprint density at radius 3 is 2.48 bits per heavy atom. The third-order valence-electron chi connectivity index (χ3n) is 10.7. The van der Waals surface area contributed by atoms with Crippen LogP contribution in [-0.2, 0) is 14.8 Å². The second-order valence-corrected chi connectivity index (χ2v) is 16.1. The van der Waals surface area contributed by atoms with Crippen molar-refractivity contribution in [3.8, 4) is 28.4 Å². The summed E-state index contributed by atoms with van der Waals surface area (Å²) < 4.78 is 46.3. The maximum Gasteiger partial charge on any atom is 0.293 e. The lowest BCUT2D eigenvalue weighted by atomic mass is 10.0. The molecular formula is C43H42N6O8S. The Labute approximate surface area is 335 Å². The number of amides is 1. The van der Waals surface area contributed by atoms with Crippen LogP contribution in [0.3, 0.4) is 0 Å². The lowest BCUT2D eigenvalue weighted by Crippen LogP contribution is -2.31. The highest BCUT2D eigenvalue weighted by Gasteiger charge is 2.28. The number of nitro benzene ring substituents is 1. The number of carbonyl (C=O) groups excluding carboxylic acids is 1. The van der Waals surface area contributed by atoms with E-state index in [1.807, 2.05) is 30.3 Å². The molecule has 0 bridgehead atoms. The SMILES string of the molecule is COc1ccc(C2CCCN2c2ccc(-c3ccc(C(=O)NS(=O)(=O)c4ccc(NCC5CCOCC5)c([N+](=O)[O-])c4)c(Oc4cnc5[nH]ccc5c4)c3)cc2)cc1. The molecule has 1 atom stereocenters. The zero-order valence-electron chi connectivity index (χ0n) is 31.7. The van der Waals surface area contributed by atoms with Crippen molar-refractivity contribution in [2.45, 2.75) is 36.6 Å². The highest BCUT2D eigenvalue weighted by molar-refractivity contribution is 7.90. The number of hydrogen-bond acceptors (Lipinski definition) is 11. The van der Waals surface area contributed by atoms with E-state index in [1.165, 1.54) is 30.0 Å². The Morgan fingerprint density at radius 2 is 1.72 bits per heavy atom. The number of aromatic nitrogens is 2. The van der Waals surface area contributed by atoms with Crippen LogP contribution in [0.15, 0.2) is 114 Å². The number of sulfonamides is 1. The summed E-state index contributed by atoms with van der Waals surface area (Å²) in [5.41, 5.74) is 4.23. The Morgan fingerprint density at radius 1 is 0.948 bits per heavy atom. The van der Waals surface area contributed by atoms with Crippen molar-refractivity contribution < 1.29 is 32.3 Å². The number of methoxy groups -OCH3 is 1. The molecule has 4 aromatic carbocycles. The number of pyridine rings is 1. The summed E-state index contributed by atoms with van der Waals surface area (Å²) in [6.45, 7) is 2.65. The average molecular weight is 803 g/mol. The van der Waals surface area contributed by atoms with Gasteiger partial charge in [0.05, 0.1) is 34.7 Å². The number of nitro groups is 1. The number of rotatable bonds is 13. The average Bonchev–Trinajstić information content (AvgIpc) is 3.93. The van der Waals surface area contributed by atoms with Gasteiger partial charge in [-0.15, -0.1) is 0 Å². The fourth-order valence-corrected chi connectivity index (χ4v) is 8.58. The van der Waals surface area contributed by atoms with Crippen molar-refractivity contribution in [1.29, 1.82) is 0 Å². The van der Waals surface area contributed by atoms with Gasteiger partial charge >= 0.3 is 0 Å². The van der Waals surface area contributed by atoms with Crippen molar-refractivity contribution in [3.63, 3.8) is 0 Å². The Kier molecular flexibility index (Phi) is 11.0. The highest BCUT2D eigenvalue weighted by atomic mass is 32.2. The molecule has 1 amide bonds. The molecule has 14 nitrogen and oxygen atoms in total. The fourth-order valence-electron chi connectivity index (χ4n) is 7.59. The number of aromatic amines is 1. The van der Waals surface area contributed by atoms with Crippen LogP contribution in [0.2, 0.25) is 0 Å². The summed E-state index contributed by atoms with van der Waals surface area (Å²) in [7, 11) is -2.90. The van der Waals surface area contributed by atoms with Crippen LogP contribution in [0.25, 0.3) is 22.2 Å². The van der Waals surface area contributed by atoms with Gasteiger partial charge in [-0.2, -0.15) is 0 Å². The predicted octanol–water partition coefficient (Wildman–Crippen LogP) is 8.24. The molecule has 0 radical (unpaired) electrons. The molecule has 2 fully saturated rings. The van der Waals surface area contributed by atoms with Gasteiger partial charge in [0.2, 0.25) is 0 Å². The van der Waals surface area contributed by atoms with Gasteiger partial charge in [-0.1, -0.05) is 30.3 Å². The standard InChI is InChI=1S/C43H42N6O8S/c1-55-34-11-6-30(7-12-34)39-3-2-20-48(39)33-9-4-29(5-10-33)31-8-14-37(41(24-31)57-35-23-32-16-19-44-42(32)46-27-35)43(50)47-58(53,54)36-13-15-38(40(25-36)49(51)52)45-26-28-17-21-56-22-18-28/h4-16,19,23-25,27-28,39,45H,2-3,17-18,20-22,26H2,1H3,(H,44,46)(H,47,50). The van der Waals surface area contributed by atoms with E-state index in [-0.39, 0.29) is 29.0 Å². The molecule has 1 unspecified atom stereocenters. The van der Waals surface area contributed by atoms with E-state index < -0.39 is 31.4 Å². The minimum Gasteiger partial charge on any atom is -0.497 e. The Balaban J connectivity index is 1.05. The molecule has 8 rings (SSSR count). The highest BCUT2D eigenvalue weighted by Crippen LogP contribution is 2.39. The summed E-state index contributed by atoms with van der Waals surface area (Å²) in [5, 5.41) is 15.9. The molecule has 15 heteroatoms. The minimum absolute atomic E-state index is 0.0678. The first-order valence-electron chi connectivity index (χ1n) is 19.1. The van der Waals surface area contributed by atoms with Crippen LogP contribution in [0.5, 0.6) is 17.2 Å². The smallest absolute Gasteiger partial charge is 0.293 e. The van der Waals surface area contributed by atoms with E-state index in [2.05, 4.69) is 49.2 Å². The van der Waals surface area contributed by atoms with Crippen LogP contribution in [-0.4, -0.2) is 62.6 Å².